The summed E-state index contributed by atoms with van der Waals surface area (Å²) < 4.78 is 31.6. The average molecular weight is 395 g/mol. The molecule has 1 aromatic heterocycles. The third-order valence-corrected chi connectivity index (χ3v) is 3.60. The number of ether oxygens (including phenoxy) is 1. The second-order valence-electron chi connectivity index (χ2n) is 7.26. The van der Waals surface area contributed by atoms with Crippen LogP contribution < -0.4 is 5.32 Å². The molecule has 0 aliphatic heterocycles. The number of hydrogen-bond donors (Lipinski definition) is 2. The van der Waals surface area contributed by atoms with Gasteiger partial charge in [0.1, 0.15) is 17.2 Å². The van der Waals surface area contributed by atoms with E-state index in [1.807, 2.05) is 12.1 Å². The normalized spacial score (nSPS) is 10.8. The van der Waals surface area contributed by atoms with E-state index < -0.39 is 23.3 Å². The molecule has 0 saturated heterocycles. The number of carbonyl (C=O) groups is 1. The summed E-state index contributed by atoms with van der Waals surface area (Å²) in [5.41, 5.74) is 1.87. The maximum absolute atomic E-state index is 13.2. The molecule has 29 heavy (non-hydrogen) atoms. The van der Waals surface area contributed by atoms with Crippen LogP contribution in [0.25, 0.3) is 11.3 Å². The van der Waals surface area contributed by atoms with Gasteiger partial charge in [0.2, 0.25) is 5.95 Å². The van der Waals surface area contributed by atoms with Gasteiger partial charge in [0.05, 0.1) is 11.9 Å². The molecule has 0 fully saturated rings. The van der Waals surface area contributed by atoms with Gasteiger partial charge >= 0.3 is 6.09 Å². The van der Waals surface area contributed by atoms with Crippen molar-refractivity contribution in [3.05, 3.63) is 71.4 Å². The van der Waals surface area contributed by atoms with Gasteiger partial charge in [0.15, 0.2) is 0 Å². The molecule has 3 aromatic rings. The molecule has 0 aliphatic rings. The average Bonchev–Trinajstić information content (AvgIpc) is 3.06. The van der Waals surface area contributed by atoms with Crippen LogP contribution in [0.2, 0.25) is 0 Å². The molecule has 2 N–H and O–H groups in total. The van der Waals surface area contributed by atoms with Gasteiger partial charge in [-0.1, -0.05) is 24.0 Å². The minimum atomic E-state index is -0.667. The molecule has 1 heterocycles. The number of rotatable bonds is 2. The molecule has 2 aromatic carbocycles. The molecule has 0 unspecified atom stereocenters. The minimum absolute atomic E-state index is 0.262. The van der Waals surface area contributed by atoms with Gasteiger partial charge < -0.3 is 9.72 Å². The Balaban J connectivity index is 1.69. The molecule has 0 aliphatic carbocycles. The number of imidazole rings is 1. The van der Waals surface area contributed by atoms with Crippen LogP contribution in [-0.2, 0) is 4.74 Å². The lowest BCUT2D eigenvalue weighted by Gasteiger charge is -2.18. The third-order valence-electron chi connectivity index (χ3n) is 3.60. The molecule has 7 heteroatoms. The molecule has 3 rings (SSSR count). The van der Waals surface area contributed by atoms with Gasteiger partial charge in [-0.2, -0.15) is 0 Å². The third kappa shape index (κ3) is 5.91. The lowest BCUT2D eigenvalue weighted by Crippen LogP contribution is -2.27. The molecular weight excluding hydrogens is 376 g/mol. The van der Waals surface area contributed by atoms with Crippen molar-refractivity contribution in [3.8, 4) is 23.1 Å². The first kappa shape index (κ1) is 20.1. The van der Waals surface area contributed by atoms with E-state index in [0.29, 0.717) is 11.3 Å². The van der Waals surface area contributed by atoms with Crippen molar-refractivity contribution in [1.82, 2.24) is 9.97 Å². The van der Waals surface area contributed by atoms with Crippen molar-refractivity contribution in [1.29, 1.82) is 0 Å². The maximum Gasteiger partial charge on any atom is 0.414 e. The van der Waals surface area contributed by atoms with E-state index >= 15 is 0 Å². The molecule has 1 amide bonds. The Bertz CT molecular complexity index is 1070. The smallest absolute Gasteiger partial charge is 0.414 e. The Kier molecular flexibility index (Phi) is 5.64. The molecule has 148 valence electrons. The predicted octanol–water partition coefficient (Wildman–Crippen LogP) is 5.10. The number of halogens is 2. The Morgan fingerprint density at radius 2 is 1.66 bits per heavy atom. The first-order chi connectivity index (χ1) is 13.7. The SMILES string of the molecule is CC(C)(C)OC(=O)Nc1ncc(-c2ccc(C#Cc3cc(F)cc(F)c3)cc2)[nH]1. The monoisotopic (exact) mass is 395 g/mol. The lowest BCUT2D eigenvalue weighted by molar-refractivity contribution is 0.0635. The van der Waals surface area contributed by atoms with Crippen LogP contribution in [0.15, 0.2) is 48.7 Å². The Morgan fingerprint density at radius 1 is 1.03 bits per heavy atom. The highest BCUT2D eigenvalue weighted by atomic mass is 19.1. The number of H-pyrrole nitrogens is 1. The largest absolute Gasteiger partial charge is 0.444 e. The Morgan fingerprint density at radius 3 is 2.28 bits per heavy atom. The van der Waals surface area contributed by atoms with E-state index in [9.17, 15) is 13.6 Å². The number of nitrogens with one attached hydrogen (secondary N) is 2. The molecule has 0 bridgehead atoms. The van der Waals surface area contributed by atoms with Crippen LogP contribution >= 0.6 is 0 Å². The number of carbonyl (C=O) groups excluding carboxylic acids is 1. The number of amides is 1. The number of hydrogen-bond acceptors (Lipinski definition) is 3. The summed E-state index contributed by atoms with van der Waals surface area (Å²) in [6, 6.07) is 10.3. The zero-order valence-corrected chi connectivity index (χ0v) is 16.1. The van der Waals surface area contributed by atoms with Gasteiger partial charge in [0, 0.05) is 17.2 Å². The van der Waals surface area contributed by atoms with Gasteiger partial charge in [-0.15, -0.1) is 0 Å². The molecular formula is C22H19F2N3O2. The van der Waals surface area contributed by atoms with Crippen LogP contribution in [0.5, 0.6) is 0 Å². The van der Waals surface area contributed by atoms with E-state index in [4.69, 9.17) is 4.74 Å². The number of aromatic amines is 1. The highest BCUT2D eigenvalue weighted by Crippen LogP contribution is 2.19. The standard InChI is InChI=1S/C22H19F2N3O2/c1-22(2,3)29-21(28)27-20-25-13-19(26-20)16-8-6-14(7-9-16)4-5-15-10-17(23)12-18(24)11-15/h6-13H,1-3H3,(H2,25,26,27,28). The second-order valence-corrected chi connectivity index (χ2v) is 7.26. The van der Waals surface area contributed by atoms with Crippen LogP contribution in [0.3, 0.4) is 0 Å². The Hall–Kier alpha value is -3.66. The first-order valence-electron chi connectivity index (χ1n) is 8.81. The topological polar surface area (TPSA) is 67.0 Å². The fraction of sp³-hybridized carbons (Fsp3) is 0.182. The summed E-state index contributed by atoms with van der Waals surface area (Å²) in [7, 11) is 0. The van der Waals surface area contributed by atoms with Crippen LogP contribution in [0.4, 0.5) is 19.5 Å². The van der Waals surface area contributed by atoms with E-state index in [-0.39, 0.29) is 11.5 Å². The van der Waals surface area contributed by atoms with Gasteiger partial charge in [-0.3, -0.25) is 5.32 Å². The van der Waals surface area contributed by atoms with Crippen LogP contribution in [0.1, 0.15) is 31.9 Å². The number of aromatic nitrogens is 2. The highest BCUT2D eigenvalue weighted by molar-refractivity contribution is 5.83. The van der Waals surface area contributed by atoms with Crippen molar-refractivity contribution < 1.29 is 18.3 Å². The zero-order chi connectivity index (χ0) is 21.0. The fourth-order valence-corrected chi connectivity index (χ4v) is 2.44. The van der Waals surface area contributed by atoms with Crippen molar-refractivity contribution >= 4 is 12.0 Å². The maximum atomic E-state index is 13.2. The summed E-state index contributed by atoms with van der Waals surface area (Å²) in [6.07, 6.45) is 0.987. The lowest BCUT2D eigenvalue weighted by atomic mass is 10.1. The molecule has 0 saturated carbocycles. The highest BCUT2D eigenvalue weighted by Gasteiger charge is 2.17. The van der Waals surface area contributed by atoms with Crippen molar-refractivity contribution in [2.24, 2.45) is 0 Å². The van der Waals surface area contributed by atoms with Crippen LogP contribution in [0, 0.1) is 23.5 Å². The molecule has 5 nitrogen and oxygen atoms in total. The van der Waals surface area contributed by atoms with E-state index in [2.05, 4.69) is 27.1 Å². The predicted molar refractivity (Wildman–Crippen MR) is 106 cm³/mol. The Labute approximate surface area is 167 Å². The zero-order valence-electron chi connectivity index (χ0n) is 16.1. The van der Waals surface area contributed by atoms with Crippen LogP contribution in [-0.4, -0.2) is 21.7 Å². The number of nitrogens with zero attached hydrogens (tertiary/aromatic N) is 1. The number of benzene rings is 2. The van der Waals surface area contributed by atoms with Gasteiger partial charge in [0.25, 0.3) is 0 Å². The van der Waals surface area contributed by atoms with Gasteiger partial charge in [-0.05, 0) is 50.6 Å². The molecule has 0 spiro atoms. The minimum Gasteiger partial charge on any atom is -0.444 e. The van der Waals surface area contributed by atoms with E-state index in [1.54, 1.807) is 39.1 Å². The second kappa shape index (κ2) is 8.15. The van der Waals surface area contributed by atoms with Crippen molar-refractivity contribution in [3.63, 3.8) is 0 Å². The van der Waals surface area contributed by atoms with Crippen molar-refractivity contribution in [2.45, 2.75) is 26.4 Å². The summed E-state index contributed by atoms with van der Waals surface area (Å²) in [5, 5.41) is 2.54. The summed E-state index contributed by atoms with van der Waals surface area (Å²) in [6.45, 7) is 5.32. The number of anilines is 1. The van der Waals surface area contributed by atoms with E-state index in [1.165, 1.54) is 12.1 Å². The quantitative estimate of drug-likeness (QED) is 0.593. The summed E-state index contributed by atoms with van der Waals surface area (Å²) in [5.74, 6) is 4.53. The first-order valence-corrected chi connectivity index (χ1v) is 8.81. The van der Waals surface area contributed by atoms with Gasteiger partial charge in [-0.25, -0.2) is 18.6 Å². The molecule has 0 radical (unpaired) electrons. The summed E-state index contributed by atoms with van der Waals surface area (Å²) in [4.78, 5) is 18.9. The fourth-order valence-electron chi connectivity index (χ4n) is 2.44. The molecule has 0 atom stereocenters. The summed E-state index contributed by atoms with van der Waals surface area (Å²) >= 11 is 0. The van der Waals surface area contributed by atoms with Crippen molar-refractivity contribution in [2.75, 3.05) is 5.32 Å². The van der Waals surface area contributed by atoms with E-state index in [0.717, 1.165) is 11.6 Å².